The van der Waals surface area contributed by atoms with Crippen LogP contribution in [0.15, 0.2) is 42.5 Å². The number of carbonyl (C=O) groups is 1. The summed E-state index contributed by atoms with van der Waals surface area (Å²) in [6, 6.07) is 13.8. The zero-order chi connectivity index (χ0) is 20.5. The maximum absolute atomic E-state index is 12.7. The zero-order valence-electron chi connectivity index (χ0n) is 17.3. The van der Waals surface area contributed by atoms with E-state index < -0.39 is 0 Å². The molecule has 2 N–H and O–H groups in total. The summed E-state index contributed by atoms with van der Waals surface area (Å²) >= 11 is 0. The van der Waals surface area contributed by atoms with E-state index in [9.17, 15) is 4.79 Å². The van der Waals surface area contributed by atoms with Crippen molar-refractivity contribution >= 4 is 5.91 Å². The lowest BCUT2D eigenvalue weighted by Gasteiger charge is -2.24. The second-order valence-corrected chi connectivity index (χ2v) is 7.15. The Labute approximate surface area is 172 Å². The number of morpholine rings is 1. The number of amides is 1. The van der Waals surface area contributed by atoms with E-state index in [2.05, 4.69) is 23.5 Å². The average Bonchev–Trinajstić information content (AvgIpc) is 2.77. The SMILES string of the molecule is CCOCc1cc(C(=O)NCc2ccccc2C[NH+]2CCOCC2)ccc1OC. The highest BCUT2D eigenvalue weighted by Gasteiger charge is 2.16. The highest BCUT2D eigenvalue weighted by atomic mass is 16.5. The topological polar surface area (TPSA) is 61.2 Å². The summed E-state index contributed by atoms with van der Waals surface area (Å²) < 4.78 is 16.3. The van der Waals surface area contributed by atoms with Crippen LogP contribution in [0.1, 0.15) is 34.0 Å². The molecule has 6 nitrogen and oxygen atoms in total. The average molecular weight is 400 g/mol. The first-order valence-corrected chi connectivity index (χ1v) is 10.2. The highest BCUT2D eigenvalue weighted by Crippen LogP contribution is 2.21. The quantitative estimate of drug-likeness (QED) is 0.672. The third-order valence-electron chi connectivity index (χ3n) is 5.20. The van der Waals surface area contributed by atoms with Gasteiger partial charge in [-0.25, -0.2) is 0 Å². The highest BCUT2D eigenvalue weighted by molar-refractivity contribution is 5.94. The summed E-state index contributed by atoms with van der Waals surface area (Å²) in [5, 5.41) is 3.06. The summed E-state index contributed by atoms with van der Waals surface area (Å²) in [4.78, 5) is 14.2. The van der Waals surface area contributed by atoms with E-state index in [1.165, 1.54) is 10.5 Å². The smallest absolute Gasteiger partial charge is 0.251 e. The number of rotatable bonds is 9. The molecule has 2 aromatic rings. The Morgan fingerprint density at radius 1 is 1.10 bits per heavy atom. The lowest BCUT2D eigenvalue weighted by atomic mass is 10.1. The van der Waals surface area contributed by atoms with Crippen LogP contribution in [-0.2, 0) is 29.2 Å². The van der Waals surface area contributed by atoms with Gasteiger partial charge in [0.15, 0.2) is 0 Å². The van der Waals surface area contributed by atoms with Crippen molar-refractivity contribution in [2.45, 2.75) is 26.6 Å². The molecule has 3 rings (SSSR count). The van der Waals surface area contributed by atoms with Gasteiger partial charge in [0.25, 0.3) is 5.91 Å². The first-order chi connectivity index (χ1) is 14.2. The molecular formula is C23H31N2O4+. The van der Waals surface area contributed by atoms with Crippen LogP contribution in [0, 0.1) is 0 Å². The molecule has 1 fully saturated rings. The third-order valence-corrected chi connectivity index (χ3v) is 5.20. The number of quaternary nitrogens is 1. The number of hydrogen-bond acceptors (Lipinski definition) is 4. The number of benzene rings is 2. The lowest BCUT2D eigenvalue weighted by molar-refractivity contribution is -0.921. The van der Waals surface area contributed by atoms with Crippen LogP contribution in [0.3, 0.4) is 0 Å². The van der Waals surface area contributed by atoms with Gasteiger partial charge < -0.3 is 24.4 Å². The lowest BCUT2D eigenvalue weighted by Crippen LogP contribution is -3.12. The van der Waals surface area contributed by atoms with E-state index in [0.717, 1.165) is 49.7 Å². The van der Waals surface area contributed by atoms with Crippen molar-refractivity contribution in [2.24, 2.45) is 0 Å². The normalized spacial score (nSPS) is 14.6. The fraction of sp³-hybridized carbons (Fsp3) is 0.435. The molecule has 0 radical (unpaired) electrons. The van der Waals surface area contributed by atoms with E-state index in [-0.39, 0.29) is 5.91 Å². The molecule has 0 atom stereocenters. The Morgan fingerprint density at radius 3 is 2.59 bits per heavy atom. The molecule has 0 aromatic heterocycles. The molecule has 29 heavy (non-hydrogen) atoms. The van der Waals surface area contributed by atoms with Crippen molar-refractivity contribution in [2.75, 3.05) is 40.0 Å². The van der Waals surface area contributed by atoms with Crippen LogP contribution in [0.5, 0.6) is 5.75 Å². The van der Waals surface area contributed by atoms with Crippen LogP contribution in [-0.4, -0.2) is 45.9 Å². The molecule has 1 aliphatic heterocycles. The second-order valence-electron chi connectivity index (χ2n) is 7.15. The van der Waals surface area contributed by atoms with Gasteiger partial charge in [0.2, 0.25) is 0 Å². The van der Waals surface area contributed by atoms with Crippen molar-refractivity contribution in [3.63, 3.8) is 0 Å². The Balaban J connectivity index is 1.64. The molecular weight excluding hydrogens is 368 g/mol. The van der Waals surface area contributed by atoms with Crippen molar-refractivity contribution < 1.29 is 23.9 Å². The van der Waals surface area contributed by atoms with Crippen molar-refractivity contribution in [3.05, 3.63) is 64.7 Å². The molecule has 1 aliphatic rings. The molecule has 0 aliphatic carbocycles. The van der Waals surface area contributed by atoms with Gasteiger partial charge in [0.1, 0.15) is 25.4 Å². The summed E-state index contributed by atoms with van der Waals surface area (Å²) in [5.74, 6) is 0.632. The van der Waals surface area contributed by atoms with Gasteiger partial charge in [-0.3, -0.25) is 4.79 Å². The molecule has 0 saturated carbocycles. The fourth-order valence-electron chi connectivity index (χ4n) is 3.53. The Morgan fingerprint density at radius 2 is 1.86 bits per heavy atom. The van der Waals surface area contributed by atoms with Gasteiger partial charge in [0, 0.05) is 29.8 Å². The largest absolute Gasteiger partial charge is 0.496 e. The Kier molecular flexibility index (Phi) is 8.04. The van der Waals surface area contributed by atoms with E-state index in [1.54, 1.807) is 13.2 Å². The predicted molar refractivity (Wildman–Crippen MR) is 111 cm³/mol. The molecule has 0 unspecified atom stereocenters. The standard InChI is InChI=1S/C23H30N2O4/c1-3-28-17-21-14-18(8-9-22(21)27-2)23(26)24-15-19-6-4-5-7-20(19)16-25-10-12-29-13-11-25/h4-9,14H,3,10-13,15-17H2,1-2H3,(H,24,26)/p+1. The minimum absolute atomic E-state index is 0.0982. The molecule has 0 bridgehead atoms. The first kappa shape index (κ1) is 21.3. The van der Waals surface area contributed by atoms with Crippen molar-refractivity contribution in [1.82, 2.24) is 5.32 Å². The molecule has 1 heterocycles. The molecule has 1 amide bonds. The third kappa shape index (κ3) is 6.03. The van der Waals surface area contributed by atoms with Gasteiger partial charge in [0.05, 0.1) is 26.9 Å². The zero-order valence-corrected chi connectivity index (χ0v) is 17.3. The van der Waals surface area contributed by atoms with Crippen molar-refractivity contribution in [1.29, 1.82) is 0 Å². The summed E-state index contributed by atoms with van der Waals surface area (Å²) in [6.07, 6.45) is 0. The van der Waals surface area contributed by atoms with E-state index in [0.29, 0.717) is 25.3 Å². The van der Waals surface area contributed by atoms with Crippen LogP contribution in [0.2, 0.25) is 0 Å². The monoisotopic (exact) mass is 399 g/mol. The van der Waals surface area contributed by atoms with E-state index in [1.807, 2.05) is 25.1 Å². The minimum Gasteiger partial charge on any atom is -0.496 e. The molecule has 6 heteroatoms. The van der Waals surface area contributed by atoms with Gasteiger partial charge in [-0.15, -0.1) is 0 Å². The van der Waals surface area contributed by atoms with Crippen LogP contribution < -0.4 is 15.0 Å². The Bertz CT molecular complexity index is 803. The number of hydrogen-bond donors (Lipinski definition) is 2. The molecule has 156 valence electrons. The number of carbonyl (C=O) groups excluding carboxylic acids is 1. The second kappa shape index (κ2) is 11.0. The number of ether oxygens (including phenoxy) is 3. The van der Waals surface area contributed by atoms with Crippen LogP contribution in [0.25, 0.3) is 0 Å². The maximum atomic E-state index is 12.7. The van der Waals surface area contributed by atoms with Gasteiger partial charge in [-0.2, -0.15) is 0 Å². The molecule has 1 saturated heterocycles. The van der Waals surface area contributed by atoms with Crippen molar-refractivity contribution in [3.8, 4) is 5.75 Å². The van der Waals surface area contributed by atoms with Gasteiger partial charge >= 0.3 is 0 Å². The fourth-order valence-corrected chi connectivity index (χ4v) is 3.53. The number of methoxy groups -OCH3 is 1. The van der Waals surface area contributed by atoms with Crippen LogP contribution in [0.4, 0.5) is 0 Å². The van der Waals surface area contributed by atoms with Gasteiger partial charge in [-0.1, -0.05) is 24.3 Å². The first-order valence-electron chi connectivity index (χ1n) is 10.2. The summed E-state index contributed by atoms with van der Waals surface area (Å²) in [5.41, 5.74) is 3.91. The predicted octanol–water partition coefficient (Wildman–Crippen LogP) is 1.58. The van der Waals surface area contributed by atoms with Crippen LogP contribution >= 0.6 is 0 Å². The van der Waals surface area contributed by atoms with E-state index >= 15 is 0 Å². The minimum atomic E-state index is -0.0982. The summed E-state index contributed by atoms with van der Waals surface area (Å²) in [6.45, 7) is 8.12. The summed E-state index contributed by atoms with van der Waals surface area (Å²) in [7, 11) is 1.62. The van der Waals surface area contributed by atoms with Gasteiger partial charge in [-0.05, 0) is 30.7 Å². The molecule has 0 spiro atoms. The maximum Gasteiger partial charge on any atom is 0.251 e. The Hall–Kier alpha value is -2.41. The van der Waals surface area contributed by atoms with E-state index in [4.69, 9.17) is 14.2 Å². The molecule has 2 aromatic carbocycles. The number of nitrogens with one attached hydrogen (secondary N) is 2.